The summed E-state index contributed by atoms with van der Waals surface area (Å²) in [5.41, 5.74) is 3.01. The summed E-state index contributed by atoms with van der Waals surface area (Å²) in [5.74, 6) is 0. The molecule has 0 aliphatic carbocycles. The lowest BCUT2D eigenvalue weighted by Gasteiger charge is -2.27. The van der Waals surface area contributed by atoms with E-state index in [9.17, 15) is 4.79 Å². The highest BCUT2D eigenvalue weighted by Gasteiger charge is 2.21. The molecule has 106 valence electrons. The molecule has 1 aromatic rings. The van der Waals surface area contributed by atoms with Gasteiger partial charge in [-0.05, 0) is 35.8 Å². The summed E-state index contributed by atoms with van der Waals surface area (Å²) in [6.45, 7) is 8.04. The molecule has 0 heterocycles. The van der Waals surface area contributed by atoms with Gasteiger partial charge >= 0.3 is 0 Å². The predicted octanol–water partition coefficient (Wildman–Crippen LogP) is 3.91. The third-order valence-corrected chi connectivity index (χ3v) is 4.10. The number of carbonyl (C=O) groups excluding carboxylic acids is 1. The number of rotatable bonds is 9. The molecular formula is C17H26O2. The lowest BCUT2D eigenvalue weighted by Crippen LogP contribution is -2.19. The van der Waals surface area contributed by atoms with E-state index in [1.165, 1.54) is 11.1 Å². The Bertz CT molecular complexity index is 381. The van der Waals surface area contributed by atoms with Crippen molar-refractivity contribution < 1.29 is 9.53 Å². The van der Waals surface area contributed by atoms with E-state index in [0.717, 1.165) is 25.5 Å². The Kier molecular flexibility index (Phi) is 6.79. The largest absolute Gasteiger partial charge is 0.381 e. The second-order valence-electron chi connectivity index (χ2n) is 5.29. The minimum atomic E-state index is 0.272. The first-order valence-corrected chi connectivity index (χ1v) is 7.27. The van der Waals surface area contributed by atoms with Gasteiger partial charge in [0.2, 0.25) is 0 Å². The first kappa shape index (κ1) is 15.9. The maximum Gasteiger partial charge on any atom is 0.122 e. The molecule has 0 spiro atoms. The smallest absolute Gasteiger partial charge is 0.122 e. The van der Waals surface area contributed by atoms with Crippen molar-refractivity contribution in [2.75, 3.05) is 13.2 Å². The van der Waals surface area contributed by atoms with E-state index in [-0.39, 0.29) is 5.41 Å². The lowest BCUT2D eigenvalue weighted by atomic mass is 9.77. The molecule has 0 aromatic heterocycles. The Morgan fingerprint density at radius 1 is 1.21 bits per heavy atom. The van der Waals surface area contributed by atoms with E-state index in [1.54, 1.807) is 0 Å². The Morgan fingerprint density at radius 3 is 2.58 bits per heavy atom. The maximum absolute atomic E-state index is 10.2. The SMILES string of the molecule is CCC(C)(CC)c1cccc(CCOCCC=O)c1. The van der Waals surface area contributed by atoms with Crippen LogP contribution in [0.25, 0.3) is 0 Å². The fraction of sp³-hybridized carbons (Fsp3) is 0.588. The number of aldehydes is 1. The molecule has 0 saturated heterocycles. The van der Waals surface area contributed by atoms with Crippen molar-refractivity contribution in [2.45, 2.75) is 51.9 Å². The van der Waals surface area contributed by atoms with Crippen LogP contribution >= 0.6 is 0 Å². The second kappa shape index (κ2) is 8.11. The number of hydrogen-bond donors (Lipinski definition) is 0. The fourth-order valence-electron chi connectivity index (χ4n) is 2.18. The summed E-state index contributed by atoms with van der Waals surface area (Å²) >= 11 is 0. The van der Waals surface area contributed by atoms with Crippen molar-refractivity contribution in [3.8, 4) is 0 Å². The highest BCUT2D eigenvalue weighted by Crippen LogP contribution is 2.31. The molecule has 0 radical (unpaired) electrons. The summed E-state index contributed by atoms with van der Waals surface area (Å²) in [4.78, 5) is 10.2. The van der Waals surface area contributed by atoms with Gasteiger partial charge in [0.15, 0.2) is 0 Å². The van der Waals surface area contributed by atoms with Crippen LogP contribution < -0.4 is 0 Å². The Balaban J connectivity index is 2.59. The number of ether oxygens (including phenoxy) is 1. The zero-order valence-corrected chi connectivity index (χ0v) is 12.4. The van der Waals surface area contributed by atoms with Crippen molar-refractivity contribution in [3.05, 3.63) is 35.4 Å². The first-order valence-electron chi connectivity index (χ1n) is 7.27. The van der Waals surface area contributed by atoms with Crippen LogP contribution in [-0.2, 0) is 21.4 Å². The quantitative estimate of drug-likeness (QED) is 0.498. The van der Waals surface area contributed by atoms with E-state index in [0.29, 0.717) is 19.6 Å². The van der Waals surface area contributed by atoms with Crippen LogP contribution in [0.1, 0.15) is 51.2 Å². The third kappa shape index (κ3) is 4.79. The molecule has 0 fully saturated rings. The maximum atomic E-state index is 10.2. The van der Waals surface area contributed by atoms with Crippen molar-refractivity contribution in [2.24, 2.45) is 0 Å². The van der Waals surface area contributed by atoms with E-state index in [2.05, 4.69) is 45.0 Å². The summed E-state index contributed by atoms with van der Waals surface area (Å²) in [6.07, 6.45) is 4.61. The van der Waals surface area contributed by atoms with Crippen LogP contribution in [0.5, 0.6) is 0 Å². The lowest BCUT2D eigenvalue weighted by molar-refractivity contribution is -0.108. The molecule has 2 heteroatoms. The molecule has 1 rings (SSSR count). The summed E-state index contributed by atoms with van der Waals surface area (Å²) in [5, 5.41) is 0. The Labute approximate surface area is 117 Å². The molecule has 2 nitrogen and oxygen atoms in total. The standard InChI is InChI=1S/C17H26O2/c1-4-17(3,5-2)16-9-6-8-15(14-16)10-13-19-12-7-11-18/h6,8-9,11,14H,4-5,7,10,12-13H2,1-3H3. The van der Waals surface area contributed by atoms with Gasteiger partial charge in [0.1, 0.15) is 6.29 Å². The number of carbonyl (C=O) groups is 1. The highest BCUT2D eigenvalue weighted by atomic mass is 16.5. The van der Waals surface area contributed by atoms with Crippen LogP contribution in [0.2, 0.25) is 0 Å². The van der Waals surface area contributed by atoms with Gasteiger partial charge in [0.25, 0.3) is 0 Å². The van der Waals surface area contributed by atoms with Crippen LogP contribution in [0, 0.1) is 0 Å². The van der Waals surface area contributed by atoms with Gasteiger partial charge in [-0.25, -0.2) is 0 Å². The summed E-state index contributed by atoms with van der Waals surface area (Å²) < 4.78 is 5.42. The zero-order chi connectivity index (χ0) is 14.1. The average molecular weight is 262 g/mol. The molecule has 0 amide bonds. The molecule has 0 atom stereocenters. The normalized spacial score (nSPS) is 11.5. The Morgan fingerprint density at radius 2 is 1.95 bits per heavy atom. The number of hydrogen-bond acceptors (Lipinski definition) is 2. The number of benzene rings is 1. The minimum absolute atomic E-state index is 0.272. The molecule has 0 unspecified atom stereocenters. The average Bonchev–Trinajstić information content (AvgIpc) is 2.46. The van der Waals surface area contributed by atoms with Gasteiger partial charge in [0.05, 0.1) is 13.2 Å². The van der Waals surface area contributed by atoms with E-state index >= 15 is 0 Å². The molecule has 1 aromatic carbocycles. The molecular weight excluding hydrogens is 236 g/mol. The van der Waals surface area contributed by atoms with Crippen LogP contribution in [0.4, 0.5) is 0 Å². The predicted molar refractivity (Wildman–Crippen MR) is 79.6 cm³/mol. The van der Waals surface area contributed by atoms with E-state index < -0.39 is 0 Å². The summed E-state index contributed by atoms with van der Waals surface area (Å²) in [6, 6.07) is 8.82. The van der Waals surface area contributed by atoms with Crippen LogP contribution in [-0.4, -0.2) is 19.5 Å². The molecule has 0 aliphatic rings. The van der Waals surface area contributed by atoms with E-state index in [1.807, 2.05) is 0 Å². The van der Waals surface area contributed by atoms with Gasteiger partial charge in [-0.1, -0.05) is 45.0 Å². The fourth-order valence-corrected chi connectivity index (χ4v) is 2.18. The van der Waals surface area contributed by atoms with Gasteiger partial charge < -0.3 is 9.53 Å². The van der Waals surface area contributed by atoms with Gasteiger partial charge in [-0.3, -0.25) is 0 Å². The van der Waals surface area contributed by atoms with Crippen LogP contribution in [0.3, 0.4) is 0 Å². The molecule has 0 bridgehead atoms. The topological polar surface area (TPSA) is 26.3 Å². The van der Waals surface area contributed by atoms with E-state index in [4.69, 9.17) is 4.74 Å². The highest BCUT2D eigenvalue weighted by molar-refractivity contribution is 5.49. The Hall–Kier alpha value is -1.15. The molecule has 0 aliphatic heterocycles. The zero-order valence-electron chi connectivity index (χ0n) is 12.4. The molecule has 19 heavy (non-hydrogen) atoms. The van der Waals surface area contributed by atoms with Crippen molar-refractivity contribution in [1.82, 2.24) is 0 Å². The first-order chi connectivity index (χ1) is 9.16. The van der Waals surface area contributed by atoms with Crippen molar-refractivity contribution in [1.29, 1.82) is 0 Å². The molecule has 0 N–H and O–H groups in total. The van der Waals surface area contributed by atoms with Crippen molar-refractivity contribution >= 4 is 6.29 Å². The monoisotopic (exact) mass is 262 g/mol. The molecule has 0 saturated carbocycles. The van der Waals surface area contributed by atoms with Crippen molar-refractivity contribution in [3.63, 3.8) is 0 Å². The summed E-state index contributed by atoms with van der Waals surface area (Å²) in [7, 11) is 0. The third-order valence-electron chi connectivity index (χ3n) is 4.10. The van der Waals surface area contributed by atoms with Gasteiger partial charge in [-0.2, -0.15) is 0 Å². The minimum Gasteiger partial charge on any atom is -0.381 e. The van der Waals surface area contributed by atoms with Gasteiger partial charge in [-0.15, -0.1) is 0 Å². The van der Waals surface area contributed by atoms with Gasteiger partial charge in [0, 0.05) is 6.42 Å². The van der Waals surface area contributed by atoms with Crippen LogP contribution in [0.15, 0.2) is 24.3 Å². The second-order valence-corrected chi connectivity index (χ2v) is 5.29.